The molecule has 0 N–H and O–H groups in total. The van der Waals surface area contributed by atoms with Crippen LogP contribution in [0.4, 0.5) is 11.4 Å². The molecule has 3 aromatic rings. The Morgan fingerprint density at radius 3 is 2.36 bits per heavy atom. The second-order valence-corrected chi connectivity index (χ2v) is 9.47. The number of carbonyl (C=O) groups is 1. The molecule has 9 heteroatoms. The van der Waals surface area contributed by atoms with E-state index in [0.29, 0.717) is 31.7 Å². The Balaban J connectivity index is 1.54. The Morgan fingerprint density at radius 2 is 1.79 bits per heavy atom. The molecule has 33 heavy (non-hydrogen) atoms. The number of nitro benzene ring substituents is 1. The molecule has 0 atom stereocenters. The first-order valence-corrected chi connectivity index (χ1v) is 11.4. The summed E-state index contributed by atoms with van der Waals surface area (Å²) in [5.74, 6) is -0.0241. The van der Waals surface area contributed by atoms with Gasteiger partial charge in [-0.25, -0.2) is 9.50 Å². The van der Waals surface area contributed by atoms with E-state index in [4.69, 9.17) is 5.10 Å². The minimum Gasteiger partial charge on any atom is -0.368 e. The summed E-state index contributed by atoms with van der Waals surface area (Å²) in [6.45, 7) is 10.9. The number of carbonyl (C=O) groups excluding carboxylic acids is 1. The molecule has 1 fully saturated rings. The van der Waals surface area contributed by atoms with Crippen molar-refractivity contribution in [3.05, 3.63) is 63.6 Å². The van der Waals surface area contributed by atoms with E-state index in [2.05, 4.69) is 37.6 Å². The number of benzene rings is 1. The van der Waals surface area contributed by atoms with Crippen molar-refractivity contribution in [3.8, 4) is 0 Å². The Morgan fingerprint density at radius 1 is 1.12 bits per heavy atom. The molecule has 0 bridgehead atoms. The van der Waals surface area contributed by atoms with Crippen LogP contribution in [0.15, 0.2) is 36.5 Å². The fraction of sp³-hybridized carbons (Fsp3) is 0.458. The first kappa shape index (κ1) is 22.7. The molecule has 1 saturated heterocycles. The van der Waals surface area contributed by atoms with Crippen LogP contribution in [0.2, 0.25) is 0 Å². The van der Waals surface area contributed by atoms with Gasteiger partial charge in [-0.05, 0) is 18.6 Å². The summed E-state index contributed by atoms with van der Waals surface area (Å²) in [6, 6.07) is 8.55. The van der Waals surface area contributed by atoms with Crippen molar-refractivity contribution in [2.45, 2.75) is 46.0 Å². The summed E-state index contributed by atoms with van der Waals surface area (Å²) in [4.78, 5) is 32.5. The molecule has 4 rings (SSSR count). The van der Waals surface area contributed by atoms with Crippen LogP contribution in [0.3, 0.4) is 0 Å². The maximum atomic E-state index is 13.5. The second-order valence-electron chi connectivity index (χ2n) is 9.47. The molecule has 0 radical (unpaired) electrons. The van der Waals surface area contributed by atoms with Gasteiger partial charge in [-0.2, -0.15) is 5.10 Å². The van der Waals surface area contributed by atoms with Gasteiger partial charge in [0, 0.05) is 61.7 Å². The molecule has 9 nitrogen and oxygen atoms in total. The zero-order valence-corrected chi connectivity index (χ0v) is 19.6. The topological polar surface area (TPSA) is 96.9 Å². The van der Waals surface area contributed by atoms with Crippen LogP contribution < -0.4 is 4.90 Å². The maximum Gasteiger partial charge on any atom is 0.269 e. The largest absolute Gasteiger partial charge is 0.368 e. The lowest BCUT2D eigenvalue weighted by Gasteiger charge is -2.36. The summed E-state index contributed by atoms with van der Waals surface area (Å²) < 4.78 is 1.84. The Kier molecular flexibility index (Phi) is 6.05. The number of piperazine rings is 1. The standard InChI is InChI=1S/C24H30N6O3/c1-5-6-20-19(16-25-22-15-21(24(2,3)4)26-29(20)22)23(31)28-13-11-27(12-14-28)17-7-9-18(10-8-17)30(32)33/h7-10,15-16H,5-6,11-14H2,1-4H3. The molecule has 0 aliphatic carbocycles. The highest BCUT2D eigenvalue weighted by Crippen LogP contribution is 2.25. The van der Waals surface area contributed by atoms with Crippen molar-refractivity contribution in [2.75, 3.05) is 31.1 Å². The van der Waals surface area contributed by atoms with Crippen molar-refractivity contribution in [3.63, 3.8) is 0 Å². The van der Waals surface area contributed by atoms with Crippen LogP contribution in [-0.2, 0) is 11.8 Å². The van der Waals surface area contributed by atoms with E-state index in [-0.39, 0.29) is 17.0 Å². The fourth-order valence-corrected chi connectivity index (χ4v) is 4.13. The van der Waals surface area contributed by atoms with Gasteiger partial charge in [0.05, 0.1) is 21.9 Å². The zero-order valence-electron chi connectivity index (χ0n) is 19.6. The third-order valence-electron chi connectivity index (χ3n) is 6.06. The van der Waals surface area contributed by atoms with Gasteiger partial charge in [0.2, 0.25) is 0 Å². The molecule has 0 saturated carbocycles. The van der Waals surface area contributed by atoms with Gasteiger partial charge in [-0.15, -0.1) is 0 Å². The summed E-state index contributed by atoms with van der Waals surface area (Å²) in [5, 5.41) is 15.7. The van der Waals surface area contributed by atoms with Gasteiger partial charge in [-0.3, -0.25) is 14.9 Å². The molecule has 0 unspecified atom stereocenters. The average Bonchev–Trinajstić information content (AvgIpc) is 3.25. The SMILES string of the molecule is CCCc1c(C(=O)N2CCN(c3ccc([N+](=O)[O-])cc3)CC2)cnc2cc(C(C)(C)C)nn12. The normalized spacial score (nSPS) is 14.7. The third kappa shape index (κ3) is 4.53. The van der Waals surface area contributed by atoms with E-state index < -0.39 is 4.92 Å². The quantitative estimate of drug-likeness (QED) is 0.433. The predicted molar refractivity (Wildman–Crippen MR) is 127 cm³/mol. The summed E-state index contributed by atoms with van der Waals surface area (Å²) >= 11 is 0. The number of anilines is 1. The molecule has 0 spiro atoms. The molecule has 1 aliphatic rings. The zero-order chi connectivity index (χ0) is 23.8. The van der Waals surface area contributed by atoms with Crippen LogP contribution in [0.5, 0.6) is 0 Å². The lowest BCUT2D eigenvalue weighted by atomic mass is 9.93. The lowest BCUT2D eigenvalue weighted by Crippen LogP contribution is -2.49. The molecular formula is C24H30N6O3. The molecule has 3 heterocycles. The minimum absolute atomic E-state index is 0.0241. The second kappa shape index (κ2) is 8.80. The van der Waals surface area contributed by atoms with Crippen molar-refractivity contribution < 1.29 is 9.72 Å². The molecule has 174 valence electrons. The van der Waals surface area contributed by atoms with Gasteiger partial charge in [0.15, 0.2) is 5.65 Å². The molecule has 1 aliphatic heterocycles. The average molecular weight is 451 g/mol. The van der Waals surface area contributed by atoms with Gasteiger partial charge in [0.1, 0.15) is 0 Å². The van der Waals surface area contributed by atoms with Crippen LogP contribution in [0.1, 0.15) is 55.9 Å². The number of aromatic nitrogens is 3. The van der Waals surface area contributed by atoms with E-state index in [1.165, 1.54) is 12.1 Å². The maximum absolute atomic E-state index is 13.5. The highest BCUT2D eigenvalue weighted by molar-refractivity contribution is 5.95. The van der Waals surface area contributed by atoms with Crippen molar-refractivity contribution in [2.24, 2.45) is 0 Å². The van der Waals surface area contributed by atoms with Crippen LogP contribution in [0, 0.1) is 10.1 Å². The molecule has 2 aromatic heterocycles. The Labute approximate surface area is 193 Å². The smallest absolute Gasteiger partial charge is 0.269 e. The summed E-state index contributed by atoms with van der Waals surface area (Å²) in [6.07, 6.45) is 3.34. The van der Waals surface area contributed by atoms with E-state index in [0.717, 1.165) is 35.6 Å². The van der Waals surface area contributed by atoms with Crippen LogP contribution in [-0.4, -0.2) is 56.5 Å². The Hall–Kier alpha value is -3.49. The monoisotopic (exact) mass is 450 g/mol. The number of hydrogen-bond acceptors (Lipinski definition) is 6. The number of aryl methyl sites for hydroxylation is 1. The van der Waals surface area contributed by atoms with E-state index >= 15 is 0 Å². The molecule has 1 amide bonds. The Bertz CT molecular complexity index is 1170. The van der Waals surface area contributed by atoms with Crippen molar-refractivity contribution in [1.82, 2.24) is 19.5 Å². The summed E-state index contributed by atoms with van der Waals surface area (Å²) in [7, 11) is 0. The summed E-state index contributed by atoms with van der Waals surface area (Å²) in [5.41, 5.74) is 4.13. The number of hydrogen-bond donors (Lipinski definition) is 0. The first-order chi connectivity index (χ1) is 15.7. The van der Waals surface area contributed by atoms with Gasteiger partial charge < -0.3 is 9.80 Å². The number of nitrogens with zero attached hydrogens (tertiary/aromatic N) is 6. The number of rotatable bonds is 5. The number of nitro groups is 1. The third-order valence-corrected chi connectivity index (χ3v) is 6.06. The van der Waals surface area contributed by atoms with Gasteiger partial charge >= 0.3 is 0 Å². The number of amides is 1. The lowest BCUT2D eigenvalue weighted by molar-refractivity contribution is -0.384. The highest BCUT2D eigenvalue weighted by atomic mass is 16.6. The molecule has 1 aromatic carbocycles. The van der Waals surface area contributed by atoms with Gasteiger partial charge in [0.25, 0.3) is 11.6 Å². The highest BCUT2D eigenvalue weighted by Gasteiger charge is 2.27. The predicted octanol–water partition coefficient (Wildman–Crippen LogP) is 3.85. The van der Waals surface area contributed by atoms with E-state index in [1.54, 1.807) is 18.3 Å². The molecular weight excluding hydrogens is 420 g/mol. The van der Waals surface area contributed by atoms with Crippen LogP contribution in [0.25, 0.3) is 5.65 Å². The first-order valence-electron chi connectivity index (χ1n) is 11.4. The van der Waals surface area contributed by atoms with E-state index in [1.807, 2.05) is 15.5 Å². The number of fused-ring (bicyclic) bond motifs is 1. The van der Waals surface area contributed by atoms with Crippen LogP contribution >= 0.6 is 0 Å². The van der Waals surface area contributed by atoms with Crippen molar-refractivity contribution >= 4 is 22.9 Å². The number of non-ortho nitro benzene ring substituents is 1. The van der Waals surface area contributed by atoms with Gasteiger partial charge in [-0.1, -0.05) is 34.1 Å². The fourth-order valence-electron chi connectivity index (χ4n) is 4.13. The minimum atomic E-state index is -0.400. The van der Waals surface area contributed by atoms with E-state index in [9.17, 15) is 14.9 Å². The van der Waals surface area contributed by atoms with Crippen molar-refractivity contribution in [1.29, 1.82) is 0 Å².